The Hall–Kier alpha value is -3.40. The van der Waals surface area contributed by atoms with Gasteiger partial charge in [-0.25, -0.2) is 15.0 Å². The molecule has 33 heavy (non-hydrogen) atoms. The van der Waals surface area contributed by atoms with Crippen molar-refractivity contribution in [3.63, 3.8) is 0 Å². The van der Waals surface area contributed by atoms with E-state index in [9.17, 15) is 0 Å². The number of para-hydroxylation sites is 1. The summed E-state index contributed by atoms with van der Waals surface area (Å²) in [5.41, 5.74) is 1.96. The molecular weight excluding hydrogens is 436 g/mol. The molecule has 9 nitrogen and oxygen atoms in total. The average molecular weight is 463 g/mol. The number of aryl methyl sites for hydroxylation is 1. The van der Waals surface area contributed by atoms with Gasteiger partial charge in [0.05, 0.1) is 5.01 Å². The molecule has 0 aliphatic carbocycles. The van der Waals surface area contributed by atoms with Gasteiger partial charge in [-0.1, -0.05) is 32.0 Å². The first-order valence-electron chi connectivity index (χ1n) is 11.2. The van der Waals surface area contributed by atoms with Crippen molar-refractivity contribution in [2.45, 2.75) is 38.8 Å². The summed E-state index contributed by atoms with van der Waals surface area (Å²) >= 11 is 1.68. The van der Waals surface area contributed by atoms with E-state index in [4.69, 9.17) is 9.72 Å². The van der Waals surface area contributed by atoms with E-state index in [1.165, 1.54) is 0 Å². The maximum atomic E-state index is 6.21. The normalized spacial score (nSPS) is 19.4. The number of hydrogen-bond donors (Lipinski definition) is 0. The van der Waals surface area contributed by atoms with Crippen molar-refractivity contribution in [1.29, 1.82) is 0 Å². The molecule has 10 heteroatoms. The van der Waals surface area contributed by atoms with E-state index in [0.29, 0.717) is 11.8 Å². The molecule has 5 rings (SSSR count). The Morgan fingerprint density at radius 3 is 2.70 bits per heavy atom. The second kappa shape index (κ2) is 9.62. The molecule has 0 N–H and O–H groups in total. The molecule has 0 saturated carbocycles. The Kier molecular flexibility index (Phi) is 6.25. The molecule has 1 aromatic carbocycles. The van der Waals surface area contributed by atoms with E-state index < -0.39 is 6.23 Å². The quantitative estimate of drug-likeness (QED) is 0.410. The summed E-state index contributed by atoms with van der Waals surface area (Å²) in [5, 5.41) is 14.8. The van der Waals surface area contributed by atoms with Crippen LogP contribution >= 0.6 is 11.3 Å². The molecule has 170 valence electrons. The largest absolute Gasteiger partial charge is 0.463 e. The molecule has 4 heterocycles. The van der Waals surface area contributed by atoms with Gasteiger partial charge in [0, 0.05) is 36.8 Å². The molecule has 0 spiro atoms. The van der Waals surface area contributed by atoms with E-state index >= 15 is 0 Å². The molecule has 0 radical (unpaired) electrons. The highest BCUT2D eigenvalue weighted by atomic mass is 32.1. The highest BCUT2D eigenvalue weighted by Crippen LogP contribution is 2.36. The maximum Gasteiger partial charge on any atom is 0.238 e. The topological polar surface area (TPSA) is 94.7 Å². The van der Waals surface area contributed by atoms with Crippen molar-refractivity contribution in [2.24, 2.45) is 5.92 Å². The maximum absolute atomic E-state index is 6.21. The minimum atomic E-state index is -0.520. The third-order valence-electron chi connectivity index (χ3n) is 5.99. The fourth-order valence-electron chi connectivity index (χ4n) is 4.13. The third kappa shape index (κ3) is 4.70. The van der Waals surface area contributed by atoms with E-state index in [1.54, 1.807) is 22.3 Å². The number of piperidine rings is 1. The Morgan fingerprint density at radius 2 is 2.00 bits per heavy atom. The highest BCUT2D eigenvalue weighted by molar-refractivity contribution is 7.09. The zero-order valence-corrected chi connectivity index (χ0v) is 19.5. The van der Waals surface area contributed by atoms with Gasteiger partial charge in [0.25, 0.3) is 0 Å². The van der Waals surface area contributed by atoms with Crippen molar-refractivity contribution in [3.05, 3.63) is 70.7 Å². The SMILES string of the molecule is CCc1cnc(N2CCC(c3nc(C(Oc4ccccc4)n4cnnn4)cs3)C(C)C2)nc1. The number of nitrogens with zero attached hydrogens (tertiary/aromatic N) is 8. The minimum absolute atomic E-state index is 0.376. The molecule has 3 aromatic heterocycles. The standard InChI is InChI=1S/C23H26N8OS/c1-3-17-11-24-23(25-12-17)30-10-9-19(16(2)13-30)21-27-20(14-33-21)22(31-15-26-28-29-31)32-18-7-5-4-6-8-18/h4-8,11-12,14-16,19,22H,3,9-10,13H2,1-2H3. The zero-order chi connectivity index (χ0) is 22.6. The van der Waals surface area contributed by atoms with Crippen LogP contribution in [0.1, 0.15) is 48.7 Å². The number of ether oxygens (including phenoxy) is 1. The number of rotatable bonds is 7. The number of anilines is 1. The lowest BCUT2D eigenvalue weighted by molar-refractivity contribution is 0.152. The summed E-state index contributed by atoms with van der Waals surface area (Å²) in [6.45, 7) is 6.20. The number of aromatic nitrogens is 7. The molecule has 1 saturated heterocycles. The zero-order valence-electron chi connectivity index (χ0n) is 18.7. The van der Waals surface area contributed by atoms with Crippen LogP contribution < -0.4 is 9.64 Å². The van der Waals surface area contributed by atoms with Crippen LogP contribution in [0.3, 0.4) is 0 Å². The lowest BCUT2D eigenvalue weighted by Gasteiger charge is -2.36. The van der Waals surface area contributed by atoms with Crippen LogP contribution in [-0.4, -0.2) is 48.2 Å². The Labute approximate surface area is 196 Å². The number of benzene rings is 1. The van der Waals surface area contributed by atoms with Gasteiger partial charge in [0.15, 0.2) is 0 Å². The van der Waals surface area contributed by atoms with Gasteiger partial charge in [-0.15, -0.1) is 16.4 Å². The molecule has 1 aliphatic heterocycles. The third-order valence-corrected chi connectivity index (χ3v) is 6.99. The molecular formula is C23H26N8OS. The van der Waals surface area contributed by atoms with E-state index in [1.807, 2.05) is 42.7 Å². The van der Waals surface area contributed by atoms with Crippen LogP contribution in [-0.2, 0) is 6.42 Å². The molecule has 4 aromatic rings. The van der Waals surface area contributed by atoms with Crippen LogP contribution in [0, 0.1) is 5.92 Å². The van der Waals surface area contributed by atoms with Crippen molar-refractivity contribution in [1.82, 2.24) is 35.2 Å². The van der Waals surface area contributed by atoms with Crippen LogP contribution in [0.15, 0.2) is 54.4 Å². The minimum Gasteiger partial charge on any atom is -0.463 e. The van der Waals surface area contributed by atoms with Crippen molar-refractivity contribution in [3.8, 4) is 5.75 Å². The number of tetrazole rings is 1. The summed E-state index contributed by atoms with van der Waals surface area (Å²) < 4.78 is 7.80. The van der Waals surface area contributed by atoms with Gasteiger partial charge in [-0.2, -0.15) is 4.68 Å². The lowest BCUT2D eigenvalue weighted by Crippen LogP contribution is -2.39. The van der Waals surface area contributed by atoms with Crippen molar-refractivity contribution in [2.75, 3.05) is 18.0 Å². The fourth-order valence-corrected chi connectivity index (χ4v) is 5.22. The Bertz CT molecular complexity index is 1150. The molecule has 0 bridgehead atoms. The second-order valence-electron chi connectivity index (χ2n) is 8.25. The van der Waals surface area contributed by atoms with Gasteiger partial charge in [-0.05, 0) is 46.9 Å². The smallest absolute Gasteiger partial charge is 0.238 e. The molecule has 3 unspecified atom stereocenters. The molecule has 3 atom stereocenters. The molecule has 1 aliphatic rings. The fraction of sp³-hybridized carbons (Fsp3) is 0.391. The van der Waals surface area contributed by atoms with E-state index in [2.05, 4.69) is 49.6 Å². The first kappa shape index (κ1) is 21.4. The van der Waals surface area contributed by atoms with Crippen LogP contribution in [0.5, 0.6) is 5.75 Å². The Balaban J connectivity index is 1.32. The second-order valence-corrected chi connectivity index (χ2v) is 9.14. The van der Waals surface area contributed by atoms with Crippen molar-refractivity contribution < 1.29 is 4.74 Å². The van der Waals surface area contributed by atoms with Gasteiger partial charge in [-0.3, -0.25) is 0 Å². The molecule has 0 amide bonds. The van der Waals surface area contributed by atoms with E-state index in [0.717, 1.165) is 53.9 Å². The predicted molar refractivity (Wildman–Crippen MR) is 125 cm³/mol. The summed E-state index contributed by atoms with van der Waals surface area (Å²) in [5.74, 6) is 2.35. The molecule has 1 fully saturated rings. The predicted octanol–water partition coefficient (Wildman–Crippen LogP) is 3.74. The Morgan fingerprint density at radius 1 is 1.18 bits per heavy atom. The van der Waals surface area contributed by atoms with Gasteiger partial charge >= 0.3 is 0 Å². The van der Waals surface area contributed by atoms with Gasteiger partial charge < -0.3 is 9.64 Å². The monoisotopic (exact) mass is 462 g/mol. The average Bonchev–Trinajstić information content (AvgIpc) is 3.56. The van der Waals surface area contributed by atoms with Crippen LogP contribution in [0.4, 0.5) is 5.95 Å². The summed E-state index contributed by atoms with van der Waals surface area (Å²) in [6, 6.07) is 9.66. The first-order valence-corrected chi connectivity index (χ1v) is 12.0. The van der Waals surface area contributed by atoms with Gasteiger partial charge in [0.1, 0.15) is 17.8 Å². The van der Waals surface area contributed by atoms with Crippen LogP contribution in [0.2, 0.25) is 0 Å². The highest BCUT2D eigenvalue weighted by Gasteiger charge is 2.31. The summed E-state index contributed by atoms with van der Waals surface area (Å²) in [4.78, 5) is 16.4. The summed E-state index contributed by atoms with van der Waals surface area (Å²) in [6.07, 6.45) is 6.84. The lowest BCUT2D eigenvalue weighted by atomic mass is 9.87. The van der Waals surface area contributed by atoms with E-state index in [-0.39, 0.29) is 0 Å². The number of thiazole rings is 1. The number of hydrogen-bond acceptors (Lipinski definition) is 9. The first-order chi connectivity index (χ1) is 16.2. The van der Waals surface area contributed by atoms with Crippen LogP contribution in [0.25, 0.3) is 0 Å². The summed E-state index contributed by atoms with van der Waals surface area (Å²) in [7, 11) is 0. The van der Waals surface area contributed by atoms with Gasteiger partial charge in [0.2, 0.25) is 12.2 Å². The van der Waals surface area contributed by atoms with Crippen molar-refractivity contribution >= 4 is 17.3 Å².